The molecule has 0 amide bonds. The fourth-order valence-electron chi connectivity index (χ4n) is 3.75. The quantitative estimate of drug-likeness (QED) is 0.266. The van der Waals surface area contributed by atoms with Crippen LogP contribution in [0.25, 0.3) is 28.5 Å². The van der Waals surface area contributed by atoms with E-state index in [1.165, 1.54) is 19.2 Å². The van der Waals surface area contributed by atoms with Crippen molar-refractivity contribution in [3.63, 3.8) is 0 Å². The first-order valence-electron chi connectivity index (χ1n) is 11.3. The highest BCUT2D eigenvalue weighted by atomic mass is 32.2. The number of aromatic nitrogens is 4. The predicted molar refractivity (Wildman–Crippen MR) is 137 cm³/mol. The van der Waals surface area contributed by atoms with E-state index in [1.54, 1.807) is 44.0 Å². The molecule has 0 aliphatic heterocycles. The van der Waals surface area contributed by atoms with E-state index in [0.29, 0.717) is 28.9 Å². The smallest absolute Gasteiger partial charge is 0.306 e. The third-order valence-corrected chi connectivity index (χ3v) is 7.07. The standard InChI is InChI=1S/C25H24N6O5S/c1-34-18-5-3-17(4-6-18)22-23(31-15-16-36-25(31)30-22)21-11-12-26-24(29-21)27-13-14-28-37(32,33)20-9-7-19(35-2)8-10-20/h3-12,15-16,28H,13-14H2,1-2H3,(H,26,27,29). The molecule has 37 heavy (non-hydrogen) atoms. The minimum atomic E-state index is -3.66. The highest BCUT2D eigenvalue weighted by Gasteiger charge is 2.19. The molecule has 3 heterocycles. The molecule has 0 atom stereocenters. The average Bonchev–Trinajstić information content (AvgIpc) is 3.53. The number of rotatable bonds is 10. The summed E-state index contributed by atoms with van der Waals surface area (Å²) in [6.45, 7) is 0.412. The zero-order valence-electron chi connectivity index (χ0n) is 20.1. The Hall–Kier alpha value is -4.42. The van der Waals surface area contributed by atoms with E-state index in [4.69, 9.17) is 13.9 Å². The second-order valence-corrected chi connectivity index (χ2v) is 9.63. The van der Waals surface area contributed by atoms with Gasteiger partial charge in [0, 0.05) is 31.0 Å². The molecule has 0 bridgehead atoms. The molecule has 0 saturated carbocycles. The van der Waals surface area contributed by atoms with Gasteiger partial charge in [-0.05, 0) is 54.6 Å². The fraction of sp³-hybridized carbons (Fsp3) is 0.160. The Morgan fingerprint density at radius 1 is 0.919 bits per heavy atom. The second kappa shape index (κ2) is 10.3. The van der Waals surface area contributed by atoms with Gasteiger partial charge in [0.2, 0.25) is 16.0 Å². The van der Waals surface area contributed by atoms with E-state index in [-0.39, 0.29) is 18.0 Å². The number of anilines is 1. The Morgan fingerprint density at radius 2 is 1.62 bits per heavy atom. The maximum atomic E-state index is 12.5. The molecule has 0 radical (unpaired) electrons. The van der Waals surface area contributed by atoms with Crippen LogP contribution in [0.5, 0.6) is 11.5 Å². The van der Waals surface area contributed by atoms with Crippen molar-refractivity contribution in [1.29, 1.82) is 0 Å². The molecule has 0 saturated heterocycles. The van der Waals surface area contributed by atoms with E-state index in [2.05, 4.69) is 25.0 Å². The van der Waals surface area contributed by atoms with Gasteiger partial charge >= 0.3 is 5.84 Å². The van der Waals surface area contributed by atoms with Crippen molar-refractivity contribution >= 4 is 21.8 Å². The molecule has 2 aromatic carbocycles. The Kier molecular flexibility index (Phi) is 6.75. The predicted octanol–water partition coefficient (Wildman–Crippen LogP) is 3.46. The monoisotopic (exact) mass is 520 g/mol. The van der Waals surface area contributed by atoms with Gasteiger partial charge in [-0.1, -0.05) is 0 Å². The molecule has 190 valence electrons. The molecule has 2 N–H and O–H groups in total. The summed E-state index contributed by atoms with van der Waals surface area (Å²) in [5.41, 5.74) is 2.92. The van der Waals surface area contributed by atoms with Crippen LogP contribution in [0.15, 0.2) is 82.6 Å². The van der Waals surface area contributed by atoms with Crippen LogP contribution < -0.4 is 19.5 Å². The van der Waals surface area contributed by atoms with Gasteiger partial charge in [-0.25, -0.2) is 23.1 Å². The Bertz CT molecular complexity index is 1610. The molecule has 3 aromatic heterocycles. The third kappa shape index (κ3) is 5.10. The van der Waals surface area contributed by atoms with Gasteiger partial charge in [-0.2, -0.15) is 4.98 Å². The van der Waals surface area contributed by atoms with Crippen molar-refractivity contribution in [1.82, 2.24) is 24.1 Å². The Labute approximate surface area is 213 Å². The van der Waals surface area contributed by atoms with E-state index < -0.39 is 10.0 Å². The van der Waals surface area contributed by atoms with Gasteiger partial charge in [-0.3, -0.25) is 4.40 Å². The lowest BCUT2D eigenvalue weighted by molar-refractivity contribution is 0.414. The largest absolute Gasteiger partial charge is 0.497 e. The first kappa shape index (κ1) is 24.3. The highest BCUT2D eigenvalue weighted by Crippen LogP contribution is 2.33. The number of ether oxygens (including phenoxy) is 2. The number of oxazole rings is 1. The van der Waals surface area contributed by atoms with Crippen molar-refractivity contribution in [3.8, 4) is 34.1 Å². The van der Waals surface area contributed by atoms with Crippen molar-refractivity contribution in [2.75, 3.05) is 32.6 Å². The molecule has 5 aromatic rings. The van der Waals surface area contributed by atoms with Gasteiger partial charge in [0.05, 0.1) is 24.8 Å². The van der Waals surface area contributed by atoms with Crippen LogP contribution in [-0.2, 0) is 10.0 Å². The molecule has 11 nitrogen and oxygen atoms in total. The summed E-state index contributed by atoms with van der Waals surface area (Å²) in [5, 5.41) is 3.07. The number of methoxy groups -OCH3 is 2. The van der Waals surface area contributed by atoms with Gasteiger partial charge in [-0.15, -0.1) is 0 Å². The summed E-state index contributed by atoms with van der Waals surface area (Å²) in [4.78, 5) is 13.7. The second-order valence-electron chi connectivity index (χ2n) is 7.86. The van der Waals surface area contributed by atoms with Crippen molar-refractivity contribution in [3.05, 3.63) is 73.3 Å². The zero-order valence-corrected chi connectivity index (χ0v) is 20.9. The number of imidazole rings is 1. The average molecular weight is 521 g/mol. The molecule has 0 unspecified atom stereocenters. The molecule has 0 aliphatic rings. The number of benzene rings is 2. The minimum absolute atomic E-state index is 0.137. The topological polar surface area (TPSA) is 133 Å². The molecule has 0 aliphatic carbocycles. The number of hydrogen-bond donors (Lipinski definition) is 2. The van der Waals surface area contributed by atoms with Crippen LogP contribution in [-0.4, -0.2) is 55.1 Å². The normalized spacial score (nSPS) is 11.5. The SMILES string of the molecule is COc1ccc(-c2nc3occn3c2-c2ccnc(NCCNS(=O)(=O)c3ccc(OC)cc3)n2)cc1. The first-order chi connectivity index (χ1) is 18.0. The minimum Gasteiger partial charge on any atom is -0.497 e. The maximum Gasteiger partial charge on any atom is 0.306 e. The summed E-state index contributed by atoms with van der Waals surface area (Å²) >= 11 is 0. The summed E-state index contributed by atoms with van der Waals surface area (Å²) in [7, 11) is -0.522. The van der Waals surface area contributed by atoms with Crippen LogP contribution in [0.2, 0.25) is 0 Å². The molecule has 0 fully saturated rings. The van der Waals surface area contributed by atoms with Crippen molar-refractivity contribution in [2.24, 2.45) is 0 Å². The Balaban J connectivity index is 1.32. The maximum absolute atomic E-state index is 12.5. The lowest BCUT2D eigenvalue weighted by Crippen LogP contribution is -2.29. The first-order valence-corrected chi connectivity index (χ1v) is 12.8. The number of hydrogen-bond acceptors (Lipinski definition) is 9. The van der Waals surface area contributed by atoms with E-state index in [0.717, 1.165) is 17.0 Å². The van der Waals surface area contributed by atoms with E-state index in [1.807, 2.05) is 28.7 Å². The van der Waals surface area contributed by atoms with Crippen molar-refractivity contribution < 1.29 is 22.3 Å². The van der Waals surface area contributed by atoms with Gasteiger partial charge in [0.25, 0.3) is 0 Å². The van der Waals surface area contributed by atoms with Gasteiger partial charge in [0.15, 0.2) is 0 Å². The van der Waals surface area contributed by atoms with Gasteiger partial charge in [0.1, 0.15) is 29.2 Å². The summed E-state index contributed by atoms with van der Waals surface area (Å²) in [6.07, 6.45) is 4.95. The van der Waals surface area contributed by atoms with Gasteiger partial charge < -0.3 is 19.2 Å². The molecular formula is C25H24N6O5S. The van der Waals surface area contributed by atoms with E-state index >= 15 is 0 Å². The lowest BCUT2D eigenvalue weighted by Gasteiger charge is -2.10. The molecule has 12 heteroatoms. The van der Waals surface area contributed by atoms with Crippen LogP contribution in [0.3, 0.4) is 0 Å². The Morgan fingerprint density at radius 3 is 2.32 bits per heavy atom. The van der Waals surface area contributed by atoms with Crippen LogP contribution in [0.1, 0.15) is 0 Å². The van der Waals surface area contributed by atoms with E-state index in [9.17, 15) is 8.42 Å². The van der Waals surface area contributed by atoms with Crippen molar-refractivity contribution in [2.45, 2.75) is 4.90 Å². The molecular weight excluding hydrogens is 496 g/mol. The van der Waals surface area contributed by atoms with Crippen LogP contribution in [0.4, 0.5) is 5.95 Å². The lowest BCUT2D eigenvalue weighted by atomic mass is 10.1. The third-order valence-electron chi connectivity index (χ3n) is 5.59. The number of nitrogens with one attached hydrogen (secondary N) is 2. The summed E-state index contributed by atoms with van der Waals surface area (Å²) < 4.78 is 45.3. The highest BCUT2D eigenvalue weighted by molar-refractivity contribution is 7.89. The molecule has 0 spiro atoms. The molecule has 5 rings (SSSR count). The van der Waals surface area contributed by atoms with Crippen LogP contribution >= 0.6 is 0 Å². The van der Waals surface area contributed by atoms with Crippen LogP contribution in [0, 0.1) is 0 Å². The zero-order chi connectivity index (χ0) is 25.8. The number of nitrogens with zero attached hydrogens (tertiary/aromatic N) is 4. The fourth-order valence-corrected chi connectivity index (χ4v) is 4.79. The number of fused-ring (bicyclic) bond motifs is 1. The summed E-state index contributed by atoms with van der Waals surface area (Å²) in [6, 6.07) is 15.5. The number of sulfonamides is 1. The summed E-state index contributed by atoms with van der Waals surface area (Å²) in [5.74, 6) is 2.10.